The first-order valence-corrected chi connectivity index (χ1v) is 7.67. The fourth-order valence-electron chi connectivity index (χ4n) is 2.79. The molecule has 4 heteroatoms. The summed E-state index contributed by atoms with van der Waals surface area (Å²) in [5.41, 5.74) is 4.08. The molecule has 1 aromatic heterocycles. The van der Waals surface area contributed by atoms with Gasteiger partial charge in [0.1, 0.15) is 0 Å². The second kappa shape index (κ2) is 6.71. The lowest BCUT2D eigenvalue weighted by molar-refractivity contribution is 0.0525. The summed E-state index contributed by atoms with van der Waals surface area (Å²) in [7, 11) is 0. The maximum Gasteiger partial charge on any atom is 0.339 e. The molecule has 0 saturated carbocycles. The standard InChI is InChI=1S/C18H20N2O2/c1-2-22-18(21)15-10-16-13-20(9-8-17(16)19-11-15)12-14-6-4-3-5-7-14/h3-7,10-11H,2,8-9,12-13H2,1H3. The van der Waals surface area contributed by atoms with Crippen molar-refractivity contribution < 1.29 is 9.53 Å². The van der Waals surface area contributed by atoms with Gasteiger partial charge in [-0.15, -0.1) is 0 Å². The van der Waals surface area contributed by atoms with Crippen LogP contribution in [0.5, 0.6) is 0 Å². The molecule has 0 amide bonds. The predicted octanol–water partition coefficient (Wildman–Crippen LogP) is 2.82. The third-order valence-electron chi connectivity index (χ3n) is 3.88. The molecule has 0 radical (unpaired) electrons. The van der Waals surface area contributed by atoms with Crippen LogP contribution in [0.25, 0.3) is 0 Å². The van der Waals surface area contributed by atoms with E-state index in [1.165, 1.54) is 5.56 Å². The quantitative estimate of drug-likeness (QED) is 0.814. The largest absolute Gasteiger partial charge is 0.462 e. The van der Waals surface area contributed by atoms with E-state index in [0.717, 1.165) is 37.3 Å². The maximum atomic E-state index is 11.8. The number of carbonyl (C=O) groups is 1. The molecule has 22 heavy (non-hydrogen) atoms. The Kier molecular flexibility index (Phi) is 4.49. The van der Waals surface area contributed by atoms with Crippen molar-refractivity contribution in [3.05, 3.63) is 65.0 Å². The van der Waals surface area contributed by atoms with Gasteiger partial charge in [0, 0.05) is 37.9 Å². The molecule has 1 aliphatic heterocycles. The highest BCUT2D eigenvalue weighted by atomic mass is 16.5. The number of pyridine rings is 1. The van der Waals surface area contributed by atoms with Crippen LogP contribution in [0.15, 0.2) is 42.6 Å². The van der Waals surface area contributed by atoms with Crippen LogP contribution in [0.2, 0.25) is 0 Å². The van der Waals surface area contributed by atoms with Gasteiger partial charge in [0.2, 0.25) is 0 Å². The van der Waals surface area contributed by atoms with E-state index in [9.17, 15) is 4.79 Å². The Labute approximate surface area is 130 Å². The highest BCUT2D eigenvalue weighted by molar-refractivity contribution is 5.89. The Morgan fingerprint density at radius 3 is 2.91 bits per heavy atom. The number of benzene rings is 1. The van der Waals surface area contributed by atoms with Gasteiger partial charge in [-0.1, -0.05) is 30.3 Å². The summed E-state index contributed by atoms with van der Waals surface area (Å²) in [6.45, 7) is 4.93. The molecule has 0 aliphatic carbocycles. The van der Waals surface area contributed by atoms with Gasteiger partial charge in [0.15, 0.2) is 0 Å². The molecule has 0 N–H and O–H groups in total. The number of carbonyl (C=O) groups excluding carboxylic acids is 1. The van der Waals surface area contributed by atoms with Crippen LogP contribution in [-0.2, 0) is 24.2 Å². The van der Waals surface area contributed by atoms with Gasteiger partial charge in [-0.25, -0.2) is 4.79 Å². The molecular weight excluding hydrogens is 276 g/mol. The topological polar surface area (TPSA) is 42.4 Å². The summed E-state index contributed by atoms with van der Waals surface area (Å²) < 4.78 is 5.05. The number of rotatable bonds is 4. The molecule has 4 nitrogen and oxygen atoms in total. The SMILES string of the molecule is CCOC(=O)c1cnc2c(c1)CN(Cc1ccccc1)CC2. The lowest BCUT2D eigenvalue weighted by atomic mass is 10.0. The molecule has 1 aliphatic rings. The molecule has 0 fully saturated rings. The van der Waals surface area contributed by atoms with Gasteiger partial charge in [-0.05, 0) is 24.1 Å². The zero-order chi connectivity index (χ0) is 15.4. The molecule has 0 spiro atoms. The maximum absolute atomic E-state index is 11.8. The van der Waals surface area contributed by atoms with Gasteiger partial charge < -0.3 is 4.74 Å². The van der Waals surface area contributed by atoms with E-state index in [1.807, 2.05) is 19.1 Å². The molecule has 2 heterocycles. The van der Waals surface area contributed by atoms with Crippen molar-refractivity contribution in [2.45, 2.75) is 26.4 Å². The molecule has 3 rings (SSSR count). The molecule has 0 bridgehead atoms. The van der Waals surface area contributed by atoms with Gasteiger partial charge in [0.05, 0.1) is 12.2 Å². The minimum atomic E-state index is -0.294. The van der Waals surface area contributed by atoms with Crippen molar-refractivity contribution in [1.29, 1.82) is 0 Å². The number of ether oxygens (including phenoxy) is 1. The summed E-state index contributed by atoms with van der Waals surface area (Å²) in [5.74, 6) is -0.294. The van der Waals surface area contributed by atoms with Crippen LogP contribution >= 0.6 is 0 Å². The molecule has 0 saturated heterocycles. The van der Waals surface area contributed by atoms with Crippen LogP contribution < -0.4 is 0 Å². The van der Waals surface area contributed by atoms with Crippen molar-refractivity contribution in [2.24, 2.45) is 0 Å². The average molecular weight is 296 g/mol. The minimum Gasteiger partial charge on any atom is -0.462 e. The van der Waals surface area contributed by atoms with Crippen LogP contribution in [-0.4, -0.2) is 29.0 Å². The Bertz CT molecular complexity index is 655. The number of fused-ring (bicyclic) bond motifs is 1. The van der Waals surface area contributed by atoms with E-state index >= 15 is 0 Å². The van der Waals surface area contributed by atoms with E-state index in [2.05, 4.69) is 34.1 Å². The third kappa shape index (κ3) is 3.34. The number of esters is 1. The molecule has 2 aromatic rings. The summed E-state index contributed by atoms with van der Waals surface area (Å²) in [5, 5.41) is 0. The van der Waals surface area contributed by atoms with Gasteiger partial charge in [0.25, 0.3) is 0 Å². The number of hydrogen-bond acceptors (Lipinski definition) is 4. The fraction of sp³-hybridized carbons (Fsp3) is 0.333. The molecule has 1 aromatic carbocycles. The van der Waals surface area contributed by atoms with Crippen molar-refractivity contribution in [3.8, 4) is 0 Å². The van der Waals surface area contributed by atoms with E-state index in [0.29, 0.717) is 12.2 Å². The van der Waals surface area contributed by atoms with Crippen molar-refractivity contribution >= 4 is 5.97 Å². The van der Waals surface area contributed by atoms with E-state index in [4.69, 9.17) is 4.74 Å². The highest BCUT2D eigenvalue weighted by Gasteiger charge is 2.19. The molecule has 114 valence electrons. The average Bonchev–Trinajstić information content (AvgIpc) is 2.55. The first-order chi connectivity index (χ1) is 10.8. The first kappa shape index (κ1) is 14.7. The lowest BCUT2D eigenvalue weighted by Crippen LogP contribution is -2.31. The number of aromatic nitrogens is 1. The van der Waals surface area contributed by atoms with Crippen molar-refractivity contribution in [2.75, 3.05) is 13.2 Å². The van der Waals surface area contributed by atoms with E-state index in [-0.39, 0.29) is 5.97 Å². The Morgan fingerprint density at radius 2 is 2.14 bits per heavy atom. The Balaban J connectivity index is 1.73. The number of nitrogens with zero attached hydrogens (tertiary/aromatic N) is 2. The number of hydrogen-bond donors (Lipinski definition) is 0. The summed E-state index contributed by atoms with van der Waals surface area (Å²) in [4.78, 5) is 18.6. The zero-order valence-electron chi connectivity index (χ0n) is 12.8. The summed E-state index contributed by atoms with van der Waals surface area (Å²) in [6, 6.07) is 12.4. The smallest absolute Gasteiger partial charge is 0.339 e. The normalized spacial score (nSPS) is 14.4. The van der Waals surface area contributed by atoms with Crippen molar-refractivity contribution in [1.82, 2.24) is 9.88 Å². The van der Waals surface area contributed by atoms with Crippen LogP contribution in [0.4, 0.5) is 0 Å². The van der Waals surface area contributed by atoms with Gasteiger partial charge >= 0.3 is 5.97 Å². The van der Waals surface area contributed by atoms with Crippen LogP contribution in [0, 0.1) is 0 Å². The summed E-state index contributed by atoms with van der Waals surface area (Å²) in [6.07, 6.45) is 2.55. The Morgan fingerprint density at radius 1 is 1.32 bits per heavy atom. The van der Waals surface area contributed by atoms with Crippen LogP contribution in [0.3, 0.4) is 0 Å². The predicted molar refractivity (Wildman–Crippen MR) is 84.5 cm³/mol. The van der Waals surface area contributed by atoms with E-state index < -0.39 is 0 Å². The van der Waals surface area contributed by atoms with Gasteiger partial charge in [-0.3, -0.25) is 9.88 Å². The minimum absolute atomic E-state index is 0.294. The first-order valence-electron chi connectivity index (χ1n) is 7.67. The third-order valence-corrected chi connectivity index (χ3v) is 3.88. The second-order valence-corrected chi connectivity index (χ2v) is 5.50. The second-order valence-electron chi connectivity index (χ2n) is 5.50. The molecule has 0 atom stereocenters. The van der Waals surface area contributed by atoms with Gasteiger partial charge in [-0.2, -0.15) is 0 Å². The molecular formula is C18H20N2O2. The summed E-state index contributed by atoms with van der Waals surface area (Å²) >= 11 is 0. The van der Waals surface area contributed by atoms with E-state index in [1.54, 1.807) is 6.20 Å². The zero-order valence-corrected chi connectivity index (χ0v) is 12.8. The highest BCUT2D eigenvalue weighted by Crippen LogP contribution is 2.20. The Hall–Kier alpha value is -2.20. The lowest BCUT2D eigenvalue weighted by Gasteiger charge is -2.28. The van der Waals surface area contributed by atoms with Crippen LogP contribution in [0.1, 0.15) is 34.1 Å². The van der Waals surface area contributed by atoms with Crippen molar-refractivity contribution in [3.63, 3.8) is 0 Å². The molecule has 0 unspecified atom stereocenters. The monoisotopic (exact) mass is 296 g/mol. The fourth-order valence-corrected chi connectivity index (χ4v) is 2.79.